The topological polar surface area (TPSA) is 200 Å². The Kier molecular flexibility index (Phi) is 9.05. The van der Waals surface area contributed by atoms with Gasteiger partial charge in [0.1, 0.15) is 42.7 Å². The van der Waals surface area contributed by atoms with Crippen molar-refractivity contribution in [2.75, 3.05) is 46.5 Å². The molecule has 0 saturated carbocycles. The second kappa shape index (κ2) is 12.5. The van der Waals surface area contributed by atoms with Gasteiger partial charge >= 0.3 is 5.69 Å². The van der Waals surface area contributed by atoms with Gasteiger partial charge in [0.25, 0.3) is 5.56 Å². The molecule has 2 fully saturated rings. The number of nitrogens with zero attached hydrogens (tertiary/aromatic N) is 5. The fraction of sp³-hybridized carbons (Fsp3) is 0.625. The first-order valence-corrected chi connectivity index (χ1v) is 13.9. The lowest BCUT2D eigenvalue weighted by Gasteiger charge is -2.23. The molecule has 5 rings (SSSR count). The summed E-state index contributed by atoms with van der Waals surface area (Å²) in [6, 6.07) is 1.24. The van der Waals surface area contributed by atoms with Crippen LogP contribution >= 0.6 is 11.8 Å². The predicted molar refractivity (Wildman–Crippen MR) is 145 cm³/mol. The number of nitrogens with one attached hydrogen (secondary N) is 1. The summed E-state index contributed by atoms with van der Waals surface area (Å²) < 4.78 is 38.1. The highest BCUT2D eigenvalue weighted by molar-refractivity contribution is 7.98. The normalized spacial score (nSPS) is 30.0. The molecule has 0 spiro atoms. The molecule has 0 bridgehead atoms. The smallest absolute Gasteiger partial charge is 0.330 e. The van der Waals surface area contributed by atoms with E-state index in [1.807, 2.05) is 0 Å². The van der Waals surface area contributed by atoms with Gasteiger partial charge < -0.3 is 39.3 Å². The van der Waals surface area contributed by atoms with Gasteiger partial charge in [-0.1, -0.05) is 0 Å². The SMILES string of the molecule is CO[C@@H]1[C@H](OC)[C@@H](CSCc2nc3c(N)ncnc3n2[C@@H]2O[C@H](CO)[C@@H](OC)[C@H]2OC)O[C@H]1n1ccc(=O)[nH]c1=O. The summed E-state index contributed by atoms with van der Waals surface area (Å²) in [7, 11) is 6.13. The van der Waals surface area contributed by atoms with Crippen molar-refractivity contribution >= 4 is 28.7 Å². The number of hydrogen-bond acceptors (Lipinski definition) is 14. The van der Waals surface area contributed by atoms with Gasteiger partial charge in [0.05, 0.1) is 18.5 Å². The molecule has 0 amide bonds. The van der Waals surface area contributed by atoms with Crippen molar-refractivity contribution in [3.05, 3.63) is 45.3 Å². The largest absolute Gasteiger partial charge is 0.394 e. The van der Waals surface area contributed by atoms with Crippen LogP contribution in [-0.4, -0.2) is 112 Å². The minimum absolute atomic E-state index is 0.213. The number of nitrogens with two attached hydrogens (primary N) is 1. The van der Waals surface area contributed by atoms with Crippen LogP contribution < -0.4 is 17.0 Å². The van der Waals surface area contributed by atoms with E-state index < -0.39 is 60.3 Å². The summed E-state index contributed by atoms with van der Waals surface area (Å²) >= 11 is 1.50. The third-order valence-corrected chi connectivity index (χ3v) is 8.34. The highest BCUT2D eigenvalue weighted by Crippen LogP contribution is 2.38. The van der Waals surface area contributed by atoms with E-state index in [4.69, 9.17) is 39.1 Å². The number of ether oxygens (including phenoxy) is 6. The van der Waals surface area contributed by atoms with E-state index in [9.17, 15) is 14.7 Å². The van der Waals surface area contributed by atoms with E-state index in [0.717, 1.165) is 0 Å². The van der Waals surface area contributed by atoms with Gasteiger partial charge in [0.15, 0.2) is 29.4 Å². The van der Waals surface area contributed by atoms with Crippen LogP contribution in [0.1, 0.15) is 18.3 Å². The Bertz CT molecular complexity index is 1470. The molecule has 41 heavy (non-hydrogen) atoms. The number of nitrogen functional groups attached to an aromatic ring is 1. The Hall–Kier alpha value is -2.90. The fourth-order valence-electron chi connectivity index (χ4n) is 5.44. The van der Waals surface area contributed by atoms with Crippen molar-refractivity contribution < 1.29 is 33.5 Å². The van der Waals surface area contributed by atoms with Crippen molar-refractivity contribution in [3.8, 4) is 0 Å². The minimum atomic E-state index is -0.810. The summed E-state index contributed by atoms with van der Waals surface area (Å²) in [6.45, 7) is -0.264. The van der Waals surface area contributed by atoms with E-state index in [1.54, 1.807) is 18.8 Å². The maximum absolute atomic E-state index is 12.5. The summed E-state index contributed by atoms with van der Waals surface area (Å²) in [5, 5.41) is 9.90. The van der Waals surface area contributed by atoms with Crippen molar-refractivity contribution in [2.45, 2.75) is 54.8 Å². The predicted octanol–water partition coefficient (Wildman–Crippen LogP) is -0.961. The number of imidazole rings is 1. The molecular weight excluding hydrogens is 562 g/mol. The first-order chi connectivity index (χ1) is 19.9. The highest BCUT2D eigenvalue weighted by atomic mass is 32.2. The third kappa shape index (κ3) is 5.39. The monoisotopic (exact) mass is 595 g/mol. The summed E-state index contributed by atoms with van der Waals surface area (Å²) in [5.41, 5.74) is 5.87. The molecule has 0 radical (unpaired) electrons. The number of methoxy groups -OCH3 is 4. The van der Waals surface area contributed by atoms with Crippen molar-refractivity contribution in [3.63, 3.8) is 0 Å². The van der Waals surface area contributed by atoms with Crippen LogP contribution in [0.3, 0.4) is 0 Å². The number of aliphatic hydroxyl groups excluding tert-OH is 1. The van der Waals surface area contributed by atoms with Crippen LogP contribution in [0.2, 0.25) is 0 Å². The quantitative estimate of drug-likeness (QED) is 0.245. The minimum Gasteiger partial charge on any atom is -0.394 e. The summed E-state index contributed by atoms with van der Waals surface area (Å²) in [6.07, 6.45) is -2.09. The van der Waals surface area contributed by atoms with E-state index in [1.165, 1.54) is 49.1 Å². The van der Waals surface area contributed by atoms with Gasteiger partial charge in [-0.3, -0.25) is 18.9 Å². The van der Waals surface area contributed by atoms with Gasteiger partial charge in [0, 0.05) is 46.5 Å². The van der Waals surface area contributed by atoms with Crippen LogP contribution in [0.25, 0.3) is 11.2 Å². The molecule has 4 N–H and O–H groups in total. The van der Waals surface area contributed by atoms with E-state index in [-0.39, 0.29) is 12.4 Å². The number of aromatic nitrogens is 6. The van der Waals surface area contributed by atoms with Crippen molar-refractivity contribution in [1.29, 1.82) is 0 Å². The lowest BCUT2D eigenvalue weighted by atomic mass is 10.1. The molecule has 8 atom stereocenters. The van der Waals surface area contributed by atoms with E-state index >= 15 is 0 Å². The first-order valence-electron chi connectivity index (χ1n) is 12.8. The number of hydrogen-bond donors (Lipinski definition) is 3. The Balaban J connectivity index is 1.40. The van der Waals surface area contributed by atoms with Crippen LogP contribution in [0, 0.1) is 0 Å². The molecular formula is C24H33N7O9S. The molecule has 0 unspecified atom stereocenters. The van der Waals surface area contributed by atoms with E-state index in [0.29, 0.717) is 28.5 Å². The summed E-state index contributed by atoms with van der Waals surface area (Å²) in [4.78, 5) is 39.4. The van der Waals surface area contributed by atoms with Crippen LogP contribution in [-0.2, 0) is 34.2 Å². The first kappa shape index (κ1) is 29.6. The molecule has 224 valence electrons. The van der Waals surface area contributed by atoms with Gasteiger partial charge in [-0.15, -0.1) is 0 Å². The number of H-pyrrole nitrogens is 1. The molecule has 16 nitrogen and oxygen atoms in total. The van der Waals surface area contributed by atoms with Crippen LogP contribution in [0.15, 0.2) is 28.2 Å². The zero-order valence-corrected chi connectivity index (χ0v) is 23.7. The average Bonchev–Trinajstić information content (AvgIpc) is 3.63. The Morgan fingerprint density at radius 2 is 1.66 bits per heavy atom. The molecule has 0 aromatic carbocycles. The Morgan fingerprint density at radius 3 is 2.32 bits per heavy atom. The second-order valence-electron chi connectivity index (χ2n) is 9.48. The number of fused-ring (bicyclic) bond motifs is 1. The second-order valence-corrected chi connectivity index (χ2v) is 10.5. The third-order valence-electron chi connectivity index (χ3n) is 7.31. The molecule has 17 heteroatoms. The van der Waals surface area contributed by atoms with Gasteiger partial charge in [-0.25, -0.2) is 19.7 Å². The maximum Gasteiger partial charge on any atom is 0.330 e. The number of aromatic amines is 1. The maximum atomic E-state index is 12.5. The molecule has 3 aromatic heterocycles. The number of anilines is 1. The van der Waals surface area contributed by atoms with Crippen molar-refractivity contribution in [2.24, 2.45) is 0 Å². The van der Waals surface area contributed by atoms with Crippen LogP contribution in [0.5, 0.6) is 0 Å². The lowest BCUT2D eigenvalue weighted by Crippen LogP contribution is -2.39. The molecule has 5 heterocycles. The van der Waals surface area contributed by atoms with Crippen molar-refractivity contribution in [1.82, 2.24) is 29.1 Å². The van der Waals surface area contributed by atoms with Gasteiger partial charge in [0.2, 0.25) is 0 Å². The Labute approximate surface area is 238 Å². The fourth-order valence-corrected chi connectivity index (χ4v) is 6.44. The Morgan fingerprint density at radius 1 is 1.00 bits per heavy atom. The number of rotatable bonds is 11. The molecule has 2 saturated heterocycles. The summed E-state index contributed by atoms with van der Waals surface area (Å²) in [5.74, 6) is 1.62. The molecule has 2 aliphatic heterocycles. The zero-order valence-electron chi connectivity index (χ0n) is 22.9. The lowest BCUT2D eigenvalue weighted by molar-refractivity contribution is -0.0593. The van der Waals surface area contributed by atoms with E-state index in [2.05, 4.69) is 15.0 Å². The van der Waals surface area contributed by atoms with Gasteiger partial charge in [-0.05, 0) is 0 Å². The average molecular weight is 596 g/mol. The highest BCUT2D eigenvalue weighted by Gasteiger charge is 2.48. The molecule has 0 aliphatic carbocycles. The number of thioether (sulfide) groups is 1. The molecule has 2 aliphatic rings. The molecule has 3 aromatic rings. The number of aliphatic hydroxyl groups is 1. The standard InChI is InChI=1S/C24H33N7O9S/c1-35-16-11(7-32)39-23(19(16)38-4)31-13(28-15-20(25)26-10-27-21(15)31)9-41-8-12-17(36-2)18(37-3)22(40-12)30-6-5-14(33)29-24(30)34/h5-6,10-12,16-19,22-23,32H,7-9H2,1-4H3,(H2,25,26,27)(H,29,33,34)/t11-,12-,16-,17-,18-,19-,22-,23-/m1/s1. The zero-order chi connectivity index (χ0) is 29.3. The van der Waals surface area contributed by atoms with Gasteiger partial charge in [-0.2, -0.15) is 11.8 Å². The van der Waals surface area contributed by atoms with Crippen LogP contribution in [0.4, 0.5) is 5.82 Å².